The molecule has 4 N–H and O–H groups in total. The molecule has 1 saturated heterocycles. The van der Waals surface area contributed by atoms with E-state index in [2.05, 4.69) is 34.3 Å². The first-order valence-electron chi connectivity index (χ1n) is 6.49. The monoisotopic (exact) mass is 394 g/mol. The first kappa shape index (κ1) is 16.7. The van der Waals surface area contributed by atoms with Crippen LogP contribution in [0.2, 0.25) is 0 Å². The van der Waals surface area contributed by atoms with E-state index in [0.29, 0.717) is 12.6 Å². The first-order chi connectivity index (χ1) is 8.66. The van der Waals surface area contributed by atoms with Crippen LogP contribution in [0, 0.1) is 5.92 Å². The van der Waals surface area contributed by atoms with Gasteiger partial charge >= 0.3 is 0 Å². The lowest BCUT2D eigenvalue weighted by atomic mass is 9.97. The number of guanidine groups is 1. The third-order valence-electron chi connectivity index (χ3n) is 3.58. The maximum atomic E-state index is 5.46. The SMILES string of the molecule is CC1CCN(C(CN=C(N)N)c2cccs2)CC1.I. The Labute approximate surface area is 136 Å². The van der Waals surface area contributed by atoms with E-state index >= 15 is 0 Å². The van der Waals surface area contributed by atoms with E-state index in [0.717, 1.165) is 19.0 Å². The van der Waals surface area contributed by atoms with Crippen LogP contribution >= 0.6 is 35.3 Å². The van der Waals surface area contributed by atoms with Crippen molar-refractivity contribution in [2.45, 2.75) is 25.8 Å². The number of hydrogen-bond donors (Lipinski definition) is 2. The van der Waals surface area contributed by atoms with Crippen molar-refractivity contribution in [1.82, 2.24) is 4.90 Å². The van der Waals surface area contributed by atoms with Crippen LogP contribution in [0.4, 0.5) is 0 Å². The molecule has 1 aromatic rings. The number of piperidine rings is 1. The molecule has 0 bridgehead atoms. The largest absolute Gasteiger partial charge is 0.370 e. The molecule has 0 aliphatic carbocycles. The molecule has 0 spiro atoms. The van der Waals surface area contributed by atoms with Crippen molar-refractivity contribution in [2.24, 2.45) is 22.4 Å². The summed E-state index contributed by atoms with van der Waals surface area (Å²) in [6.45, 7) is 5.28. The summed E-state index contributed by atoms with van der Waals surface area (Å²) in [5.74, 6) is 1.02. The lowest BCUT2D eigenvalue weighted by Gasteiger charge is -2.35. The lowest BCUT2D eigenvalue weighted by Crippen LogP contribution is -2.37. The number of likely N-dealkylation sites (tertiary alicyclic amines) is 1. The van der Waals surface area contributed by atoms with Gasteiger partial charge in [0.15, 0.2) is 5.96 Å². The van der Waals surface area contributed by atoms with E-state index in [1.165, 1.54) is 17.7 Å². The van der Waals surface area contributed by atoms with Gasteiger partial charge in [-0.05, 0) is 43.3 Å². The van der Waals surface area contributed by atoms with Gasteiger partial charge in [0.2, 0.25) is 0 Å². The Balaban J connectivity index is 0.00000180. The highest BCUT2D eigenvalue weighted by molar-refractivity contribution is 14.0. The molecule has 1 aromatic heterocycles. The van der Waals surface area contributed by atoms with Crippen molar-refractivity contribution in [3.63, 3.8) is 0 Å². The zero-order chi connectivity index (χ0) is 13.0. The maximum absolute atomic E-state index is 5.46. The summed E-state index contributed by atoms with van der Waals surface area (Å²) in [6.07, 6.45) is 2.54. The van der Waals surface area contributed by atoms with Gasteiger partial charge in [0, 0.05) is 4.88 Å². The Kier molecular flexibility index (Phi) is 7.09. The molecule has 2 heterocycles. The molecule has 19 heavy (non-hydrogen) atoms. The van der Waals surface area contributed by atoms with Crippen molar-refractivity contribution < 1.29 is 0 Å². The highest BCUT2D eigenvalue weighted by Gasteiger charge is 2.24. The molecule has 0 aromatic carbocycles. The molecule has 0 radical (unpaired) electrons. The zero-order valence-electron chi connectivity index (χ0n) is 11.3. The van der Waals surface area contributed by atoms with E-state index in [-0.39, 0.29) is 29.9 Å². The van der Waals surface area contributed by atoms with E-state index in [1.807, 2.05) is 0 Å². The minimum absolute atomic E-state index is 0. The molecule has 1 atom stereocenters. The van der Waals surface area contributed by atoms with E-state index in [1.54, 1.807) is 11.3 Å². The summed E-state index contributed by atoms with van der Waals surface area (Å²) in [5.41, 5.74) is 10.9. The molecular weight excluding hydrogens is 371 g/mol. The third kappa shape index (κ3) is 4.92. The van der Waals surface area contributed by atoms with E-state index < -0.39 is 0 Å². The van der Waals surface area contributed by atoms with Gasteiger partial charge in [-0.1, -0.05) is 13.0 Å². The van der Waals surface area contributed by atoms with E-state index in [9.17, 15) is 0 Å². The van der Waals surface area contributed by atoms with Crippen LogP contribution in [-0.4, -0.2) is 30.5 Å². The number of nitrogens with two attached hydrogens (primary N) is 2. The second-order valence-corrected chi connectivity index (χ2v) is 5.99. The zero-order valence-corrected chi connectivity index (χ0v) is 14.4. The number of nitrogens with zero attached hydrogens (tertiary/aromatic N) is 2. The second kappa shape index (κ2) is 8.06. The Bertz CT molecular complexity index is 381. The molecule has 2 rings (SSSR count). The lowest BCUT2D eigenvalue weighted by molar-refractivity contribution is 0.143. The maximum Gasteiger partial charge on any atom is 0.185 e. The van der Waals surface area contributed by atoms with Crippen molar-refractivity contribution >= 4 is 41.3 Å². The molecule has 6 heteroatoms. The van der Waals surface area contributed by atoms with Crippen molar-refractivity contribution in [2.75, 3.05) is 19.6 Å². The first-order valence-corrected chi connectivity index (χ1v) is 7.37. The van der Waals surface area contributed by atoms with Gasteiger partial charge in [-0.2, -0.15) is 0 Å². The molecule has 1 aliphatic rings. The van der Waals surface area contributed by atoms with Crippen LogP contribution in [0.15, 0.2) is 22.5 Å². The number of rotatable bonds is 4. The fraction of sp³-hybridized carbons (Fsp3) is 0.615. The third-order valence-corrected chi connectivity index (χ3v) is 4.55. The summed E-state index contributed by atoms with van der Waals surface area (Å²) in [5, 5.41) is 2.12. The van der Waals surface area contributed by atoms with Crippen LogP contribution in [0.5, 0.6) is 0 Å². The quantitative estimate of drug-likeness (QED) is 0.468. The minimum Gasteiger partial charge on any atom is -0.370 e. The Morgan fingerprint density at radius 2 is 2.16 bits per heavy atom. The van der Waals surface area contributed by atoms with Gasteiger partial charge in [-0.15, -0.1) is 35.3 Å². The highest BCUT2D eigenvalue weighted by Crippen LogP contribution is 2.29. The van der Waals surface area contributed by atoms with Gasteiger partial charge in [-0.3, -0.25) is 9.89 Å². The Hall–Kier alpha value is -0.340. The molecule has 0 saturated carbocycles. The summed E-state index contributed by atoms with van der Waals surface area (Å²) in [4.78, 5) is 8.08. The van der Waals surface area contributed by atoms with Crippen molar-refractivity contribution in [3.05, 3.63) is 22.4 Å². The molecule has 4 nitrogen and oxygen atoms in total. The normalized spacial score (nSPS) is 18.6. The number of thiophene rings is 1. The van der Waals surface area contributed by atoms with Crippen LogP contribution in [0.1, 0.15) is 30.7 Å². The average molecular weight is 394 g/mol. The predicted molar refractivity (Wildman–Crippen MR) is 93.1 cm³/mol. The topological polar surface area (TPSA) is 67.6 Å². The van der Waals surface area contributed by atoms with Crippen LogP contribution in [0.3, 0.4) is 0 Å². The number of halogens is 1. The predicted octanol–water partition coefficient (Wildman–Crippen LogP) is 2.41. The summed E-state index contributed by atoms with van der Waals surface area (Å²) in [6, 6.07) is 4.60. The summed E-state index contributed by atoms with van der Waals surface area (Å²) >= 11 is 1.78. The van der Waals surface area contributed by atoms with E-state index in [4.69, 9.17) is 11.5 Å². The molecule has 1 aliphatic heterocycles. The molecule has 1 fully saturated rings. The highest BCUT2D eigenvalue weighted by atomic mass is 127. The Morgan fingerprint density at radius 1 is 1.47 bits per heavy atom. The van der Waals surface area contributed by atoms with Crippen LogP contribution in [-0.2, 0) is 0 Å². The second-order valence-electron chi connectivity index (χ2n) is 5.02. The fourth-order valence-corrected chi connectivity index (χ4v) is 3.25. The number of aliphatic imine (C=N–C) groups is 1. The van der Waals surface area contributed by atoms with Gasteiger partial charge < -0.3 is 11.5 Å². The fourth-order valence-electron chi connectivity index (χ4n) is 2.40. The standard InChI is InChI=1S/C13H22N4S.HI/c1-10-4-6-17(7-5-10)11(9-16-13(14)15)12-3-2-8-18-12;/h2-3,8,10-11H,4-7,9H2,1H3,(H4,14,15,16);1H. The molecule has 1 unspecified atom stereocenters. The van der Waals surface area contributed by atoms with Crippen LogP contribution < -0.4 is 11.5 Å². The minimum atomic E-state index is 0. The molecule has 108 valence electrons. The molecule has 0 amide bonds. The number of hydrogen-bond acceptors (Lipinski definition) is 3. The smallest absolute Gasteiger partial charge is 0.185 e. The van der Waals surface area contributed by atoms with Crippen molar-refractivity contribution in [1.29, 1.82) is 0 Å². The van der Waals surface area contributed by atoms with Gasteiger partial charge in [-0.25, -0.2) is 0 Å². The average Bonchev–Trinajstić information content (AvgIpc) is 2.85. The molecular formula is C13H23IN4S. The van der Waals surface area contributed by atoms with Crippen LogP contribution in [0.25, 0.3) is 0 Å². The van der Waals surface area contributed by atoms with Gasteiger partial charge in [0.1, 0.15) is 0 Å². The summed E-state index contributed by atoms with van der Waals surface area (Å²) < 4.78 is 0. The Morgan fingerprint density at radius 3 is 2.68 bits per heavy atom. The van der Waals surface area contributed by atoms with Crippen molar-refractivity contribution in [3.8, 4) is 0 Å². The van der Waals surface area contributed by atoms with Gasteiger partial charge in [0.05, 0.1) is 12.6 Å². The van der Waals surface area contributed by atoms with Gasteiger partial charge in [0.25, 0.3) is 0 Å². The summed E-state index contributed by atoms with van der Waals surface area (Å²) in [7, 11) is 0.